The molecule has 4 rings (SSSR count). The van der Waals surface area contributed by atoms with Gasteiger partial charge in [0.15, 0.2) is 0 Å². The molecule has 0 amide bonds. The van der Waals surface area contributed by atoms with Crippen LogP contribution >= 0.6 is 0 Å². The van der Waals surface area contributed by atoms with Crippen molar-refractivity contribution >= 4 is 0 Å². The molecule has 24 heavy (non-hydrogen) atoms. The Morgan fingerprint density at radius 1 is 1.04 bits per heavy atom. The standard InChI is InChI=1S/C19H21N3O2/c1-13-3-6-15(7-4-13)18-20-21-19(24-18)16-9-10-22(11-16)12-17-8-5-14(2)23-17/h3-8,16H,9-12H2,1-2H3. The summed E-state index contributed by atoms with van der Waals surface area (Å²) in [6.07, 6.45) is 1.04. The Morgan fingerprint density at radius 3 is 2.62 bits per heavy atom. The minimum atomic E-state index is 0.299. The van der Waals surface area contributed by atoms with Crippen LogP contribution in [0, 0.1) is 13.8 Å². The molecule has 0 aliphatic carbocycles. The fraction of sp³-hybridized carbons (Fsp3) is 0.368. The summed E-state index contributed by atoms with van der Waals surface area (Å²) in [7, 11) is 0. The highest BCUT2D eigenvalue weighted by atomic mass is 16.4. The van der Waals surface area contributed by atoms with Crippen LogP contribution in [0.25, 0.3) is 11.5 Å². The molecule has 0 spiro atoms. The lowest BCUT2D eigenvalue weighted by atomic mass is 10.1. The van der Waals surface area contributed by atoms with E-state index < -0.39 is 0 Å². The van der Waals surface area contributed by atoms with Crippen molar-refractivity contribution in [3.8, 4) is 11.5 Å². The molecule has 5 nitrogen and oxygen atoms in total. The van der Waals surface area contributed by atoms with Crippen LogP contribution < -0.4 is 0 Å². The lowest BCUT2D eigenvalue weighted by Gasteiger charge is -2.12. The molecule has 1 saturated heterocycles. The molecule has 1 atom stereocenters. The largest absolute Gasteiger partial charge is 0.465 e. The molecule has 0 saturated carbocycles. The molecule has 124 valence electrons. The molecule has 1 aliphatic rings. The van der Waals surface area contributed by atoms with Crippen LogP contribution in [0.4, 0.5) is 0 Å². The number of rotatable bonds is 4. The zero-order valence-electron chi connectivity index (χ0n) is 14.0. The summed E-state index contributed by atoms with van der Waals surface area (Å²) in [4.78, 5) is 2.37. The van der Waals surface area contributed by atoms with E-state index in [9.17, 15) is 0 Å². The second-order valence-electron chi connectivity index (χ2n) is 6.54. The molecule has 5 heteroatoms. The van der Waals surface area contributed by atoms with E-state index in [4.69, 9.17) is 8.83 Å². The maximum Gasteiger partial charge on any atom is 0.247 e. The monoisotopic (exact) mass is 323 g/mol. The number of hydrogen-bond donors (Lipinski definition) is 0. The van der Waals surface area contributed by atoms with Gasteiger partial charge in [-0.05, 0) is 51.1 Å². The van der Waals surface area contributed by atoms with Crippen molar-refractivity contribution in [3.63, 3.8) is 0 Å². The van der Waals surface area contributed by atoms with Gasteiger partial charge in [-0.15, -0.1) is 10.2 Å². The fourth-order valence-electron chi connectivity index (χ4n) is 3.18. The second-order valence-corrected chi connectivity index (χ2v) is 6.54. The molecule has 3 heterocycles. The van der Waals surface area contributed by atoms with Crippen LogP contribution in [0.3, 0.4) is 0 Å². The summed E-state index contributed by atoms with van der Waals surface area (Å²) in [5.41, 5.74) is 2.19. The van der Waals surface area contributed by atoms with Crippen LogP contribution in [0.5, 0.6) is 0 Å². The van der Waals surface area contributed by atoms with Gasteiger partial charge in [-0.25, -0.2) is 0 Å². The molecule has 0 radical (unpaired) electrons. The zero-order valence-corrected chi connectivity index (χ0v) is 14.0. The first-order valence-corrected chi connectivity index (χ1v) is 8.35. The number of aromatic nitrogens is 2. The van der Waals surface area contributed by atoms with Crippen molar-refractivity contribution in [1.82, 2.24) is 15.1 Å². The van der Waals surface area contributed by atoms with E-state index in [0.29, 0.717) is 11.8 Å². The summed E-state index contributed by atoms with van der Waals surface area (Å²) in [6, 6.07) is 12.2. The Bertz CT molecular complexity index is 819. The predicted octanol–water partition coefficient (Wildman–Crippen LogP) is 3.94. The highest BCUT2D eigenvalue weighted by molar-refractivity contribution is 5.52. The topological polar surface area (TPSA) is 55.3 Å². The Morgan fingerprint density at radius 2 is 1.88 bits per heavy atom. The molecule has 0 bridgehead atoms. The Hall–Kier alpha value is -2.40. The maximum atomic E-state index is 5.92. The van der Waals surface area contributed by atoms with Crippen LogP contribution in [0.2, 0.25) is 0 Å². The molecule has 1 aromatic carbocycles. The van der Waals surface area contributed by atoms with Gasteiger partial charge in [0.1, 0.15) is 11.5 Å². The van der Waals surface area contributed by atoms with Gasteiger partial charge in [-0.1, -0.05) is 17.7 Å². The van der Waals surface area contributed by atoms with E-state index in [-0.39, 0.29) is 0 Å². The molecule has 0 N–H and O–H groups in total. The summed E-state index contributed by atoms with van der Waals surface area (Å²) >= 11 is 0. The molecule has 1 unspecified atom stereocenters. The predicted molar refractivity (Wildman–Crippen MR) is 90.6 cm³/mol. The van der Waals surface area contributed by atoms with E-state index in [1.807, 2.05) is 31.2 Å². The Kier molecular flexibility index (Phi) is 3.94. The average Bonchev–Trinajstić information content (AvgIpc) is 3.29. The molecule has 2 aromatic heterocycles. The molecule has 1 aliphatic heterocycles. The van der Waals surface area contributed by atoms with Gasteiger partial charge in [0, 0.05) is 12.1 Å². The van der Waals surface area contributed by atoms with Gasteiger partial charge >= 0.3 is 0 Å². The SMILES string of the molecule is Cc1ccc(-c2nnc(C3CCN(Cc4ccc(C)o4)C3)o2)cc1. The third-order valence-electron chi connectivity index (χ3n) is 4.54. The lowest BCUT2D eigenvalue weighted by molar-refractivity contribution is 0.287. The number of benzene rings is 1. The summed E-state index contributed by atoms with van der Waals surface area (Å²) < 4.78 is 11.6. The van der Waals surface area contributed by atoms with Crippen LogP contribution in [-0.2, 0) is 6.54 Å². The first-order chi connectivity index (χ1) is 11.7. The second kappa shape index (κ2) is 6.24. The van der Waals surface area contributed by atoms with Crippen molar-refractivity contribution in [2.24, 2.45) is 0 Å². The van der Waals surface area contributed by atoms with Gasteiger partial charge in [-0.2, -0.15) is 0 Å². The van der Waals surface area contributed by atoms with Gasteiger partial charge in [0.2, 0.25) is 11.8 Å². The van der Waals surface area contributed by atoms with E-state index >= 15 is 0 Å². The third kappa shape index (κ3) is 3.12. The molecular weight excluding hydrogens is 302 g/mol. The quantitative estimate of drug-likeness (QED) is 0.728. The van der Waals surface area contributed by atoms with Crippen molar-refractivity contribution in [2.45, 2.75) is 32.7 Å². The van der Waals surface area contributed by atoms with Crippen molar-refractivity contribution < 1.29 is 8.83 Å². The number of hydrogen-bond acceptors (Lipinski definition) is 5. The van der Waals surface area contributed by atoms with Crippen molar-refractivity contribution in [2.75, 3.05) is 13.1 Å². The zero-order chi connectivity index (χ0) is 16.5. The van der Waals surface area contributed by atoms with Crippen LogP contribution in [0.1, 0.15) is 35.3 Å². The fourth-order valence-corrected chi connectivity index (χ4v) is 3.18. The number of aryl methyl sites for hydroxylation is 2. The highest BCUT2D eigenvalue weighted by Gasteiger charge is 2.28. The van der Waals surface area contributed by atoms with E-state index in [1.54, 1.807) is 0 Å². The maximum absolute atomic E-state index is 5.92. The molecular formula is C19H21N3O2. The lowest BCUT2D eigenvalue weighted by Crippen LogP contribution is -2.19. The van der Waals surface area contributed by atoms with E-state index in [2.05, 4.69) is 34.2 Å². The summed E-state index contributed by atoms with van der Waals surface area (Å²) in [5.74, 6) is 3.61. The first-order valence-electron chi connectivity index (χ1n) is 8.35. The third-order valence-corrected chi connectivity index (χ3v) is 4.54. The van der Waals surface area contributed by atoms with Gasteiger partial charge in [-0.3, -0.25) is 4.90 Å². The van der Waals surface area contributed by atoms with Gasteiger partial charge in [0.05, 0.1) is 12.5 Å². The van der Waals surface area contributed by atoms with Crippen LogP contribution in [0.15, 0.2) is 45.2 Å². The van der Waals surface area contributed by atoms with Gasteiger partial charge in [0.25, 0.3) is 0 Å². The smallest absolute Gasteiger partial charge is 0.247 e. The highest BCUT2D eigenvalue weighted by Crippen LogP contribution is 2.29. The molecule has 3 aromatic rings. The average molecular weight is 323 g/mol. The first kappa shape index (κ1) is 15.1. The number of nitrogens with zero attached hydrogens (tertiary/aromatic N) is 3. The van der Waals surface area contributed by atoms with Crippen molar-refractivity contribution in [3.05, 3.63) is 59.4 Å². The van der Waals surface area contributed by atoms with E-state index in [0.717, 1.165) is 49.0 Å². The van der Waals surface area contributed by atoms with Gasteiger partial charge < -0.3 is 8.83 Å². The normalized spacial score (nSPS) is 18.3. The van der Waals surface area contributed by atoms with Crippen molar-refractivity contribution in [1.29, 1.82) is 0 Å². The van der Waals surface area contributed by atoms with Crippen LogP contribution in [-0.4, -0.2) is 28.2 Å². The minimum absolute atomic E-state index is 0.299. The Labute approximate surface area is 141 Å². The van der Waals surface area contributed by atoms with E-state index in [1.165, 1.54) is 5.56 Å². The number of furan rings is 1. The minimum Gasteiger partial charge on any atom is -0.465 e. The molecule has 1 fully saturated rings. The number of likely N-dealkylation sites (tertiary alicyclic amines) is 1. The summed E-state index contributed by atoms with van der Waals surface area (Å²) in [6.45, 7) is 6.82. The summed E-state index contributed by atoms with van der Waals surface area (Å²) in [5, 5.41) is 8.50. The Balaban J connectivity index is 1.43.